The van der Waals surface area contributed by atoms with Crippen LogP contribution in [-0.4, -0.2) is 17.7 Å². The van der Waals surface area contributed by atoms with Crippen LogP contribution in [0.15, 0.2) is 24.3 Å². The van der Waals surface area contributed by atoms with Crippen molar-refractivity contribution < 1.29 is 14.6 Å². The molecule has 21 heavy (non-hydrogen) atoms. The average molecular weight is 288 g/mol. The fraction of sp³-hybridized carbons (Fsp3) is 0.611. The molecule has 3 heteroatoms. The van der Waals surface area contributed by atoms with E-state index in [0.29, 0.717) is 17.9 Å². The lowest BCUT2D eigenvalue weighted by atomic mass is 9.45. The average Bonchev–Trinajstić information content (AvgIpc) is 2.47. The van der Waals surface area contributed by atoms with Crippen molar-refractivity contribution >= 4 is 5.97 Å². The first-order chi connectivity index (χ1) is 10.00. The molecule has 3 atom stereocenters. The number of phenols is 1. The first-order valence-corrected chi connectivity index (χ1v) is 7.95. The van der Waals surface area contributed by atoms with E-state index in [1.165, 1.54) is 25.3 Å². The fourth-order valence-electron chi connectivity index (χ4n) is 4.34. The minimum absolute atomic E-state index is 0.0110. The van der Waals surface area contributed by atoms with Gasteiger partial charge in [-0.15, -0.1) is 0 Å². The van der Waals surface area contributed by atoms with Gasteiger partial charge in [0.15, 0.2) is 0 Å². The molecule has 114 valence electrons. The molecule has 0 aliphatic heterocycles. The Morgan fingerprint density at radius 3 is 2.76 bits per heavy atom. The first kappa shape index (κ1) is 14.4. The number of esters is 1. The highest BCUT2D eigenvalue weighted by Gasteiger charge is 2.53. The van der Waals surface area contributed by atoms with E-state index >= 15 is 0 Å². The summed E-state index contributed by atoms with van der Waals surface area (Å²) in [6, 6.07) is 6.53. The summed E-state index contributed by atoms with van der Waals surface area (Å²) in [5, 5.41) is 9.65. The molecule has 0 aromatic heterocycles. The van der Waals surface area contributed by atoms with Crippen LogP contribution in [0.3, 0.4) is 0 Å². The third-order valence-corrected chi connectivity index (χ3v) is 5.85. The maximum Gasteiger partial charge on any atom is 0.341 e. The summed E-state index contributed by atoms with van der Waals surface area (Å²) < 4.78 is 5.35. The van der Waals surface area contributed by atoms with E-state index in [2.05, 4.69) is 13.8 Å². The number of hydrogen-bond donors (Lipinski definition) is 1. The Labute approximate surface area is 126 Å². The highest BCUT2D eigenvalue weighted by atomic mass is 16.5. The monoisotopic (exact) mass is 288 g/mol. The second-order valence-electron chi connectivity index (χ2n) is 7.14. The number of carbonyl (C=O) groups excluding carboxylic acids is 1. The fourth-order valence-corrected chi connectivity index (χ4v) is 4.34. The number of aromatic hydroxyl groups is 1. The zero-order valence-corrected chi connectivity index (χ0v) is 12.8. The van der Waals surface area contributed by atoms with Crippen LogP contribution in [-0.2, 0) is 4.74 Å². The standard InChI is InChI=1S/C18H24O3/c1-18(2)13-8-7-12(15(18)11-13)9-10-21-17(20)14-5-3-4-6-16(14)19/h3-6,12-13,15,19H,7-11H2,1-2H3. The summed E-state index contributed by atoms with van der Waals surface area (Å²) in [6.45, 7) is 5.22. The van der Waals surface area contributed by atoms with E-state index < -0.39 is 5.97 Å². The zero-order valence-electron chi connectivity index (χ0n) is 12.8. The van der Waals surface area contributed by atoms with Crippen molar-refractivity contribution in [3.05, 3.63) is 29.8 Å². The minimum Gasteiger partial charge on any atom is -0.507 e. The van der Waals surface area contributed by atoms with Gasteiger partial charge in [-0.05, 0) is 61.0 Å². The lowest BCUT2D eigenvalue weighted by Crippen LogP contribution is -2.52. The van der Waals surface area contributed by atoms with Gasteiger partial charge in [-0.2, -0.15) is 0 Å². The van der Waals surface area contributed by atoms with Gasteiger partial charge in [0.05, 0.1) is 6.61 Å². The van der Waals surface area contributed by atoms with Gasteiger partial charge < -0.3 is 9.84 Å². The molecule has 0 heterocycles. The van der Waals surface area contributed by atoms with E-state index in [0.717, 1.165) is 18.3 Å². The molecule has 0 spiro atoms. The summed E-state index contributed by atoms with van der Waals surface area (Å²) in [6.07, 6.45) is 4.89. The van der Waals surface area contributed by atoms with Crippen molar-refractivity contribution in [1.29, 1.82) is 0 Å². The van der Waals surface area contributed by atoms with Gasteiger partial charge in [0, 0.05) is 0 Å². The van der Waals surface area contributed by atoms with Crippen molar-refractivity contribution in [3.63, 3.8) is 0 Å². The van der Waals surface area contributed by atoms with Crippen LogP contribution in [0.25, 0.3) is 0 Å². The molecule has 4 rings (SSSR count). The number of ether oxygens (including phenoxy) is 1. The first-order valence-electron chi connectivity index (χ1n) is 7.95. The van der Waals surface area contributed by atoms with Crippen molar-refractivity contribution in [2.24, 2.45) is 23.2 Å². The van der Waals surface area contributed by atoms with Crippen molar-refractivity contribution in [2.75, 3.05) is 6.61 Å². The molecule has 3 fully saturated rings. The summed E-state index contributed by atoms with van der Waals surface area (Å²) in [4.78, 5) is 11.9. The number of carbonyl (C=O) groups is 1. The number of rotatable bonds is 4. The normalized spacial score (nSPS) is 29.5. The molecule has 1 aromatic rings. The van der Waals surface area contributed by atoms with Gasteiger partial charge in [-0.3, -0.25) is 0 Å². The van der Waals surface area contributed by atoms with Crippen LogP contribution in [0.1, 0.15) is 49.9 Å². The number of benzene rings is 1. The highest BCUT2D eigenvalue weighted by molar-refractivity contribution is 5.92. The molecule has 0 saturated heterocycles. The number of para-hydroxylation sites is 1. The minimum atomic E-state index is -0.422. The second kappa shape index (κ2) is 5.36. The quantitative estimate of drug-likeness (QED) is 0.851. The van der Waals surface area contributed by atoms with Gasteiger partial charge in [0.1, 0.15) is 11.3 Å². The van der Waals surface area contributed by atoms with Crippen LogP contribution in [0.4, 0.5) is 0 Å². The van der Waals surface area contributed by atoms with Crippen molar-refractivity contribution in [2.45, 2.75) is 39.5 Å². The Balaban J connectivity index is 1.51. The summed E-state index contributed by atoms with van der Waals surface area (Å²) in [7, 11) is 0. The molecule has 1 N–H and O–H groups in total. The van der Waals surface area contributed by atoms with Crippen molar-refractivity contribution in [1.82, 2.24) is 0 Å². The van der Waals surface area contributed by atoms with Crippen LogP contribution < -0.4 is 0 Å². The third kappa shape index (κ3) is 2.54. The van der Waals surface area contributed by atoms with E-state index in [4.69, 9.17) is 4.74 Å². The molecule has 2 bridgehead atoms. The lowest BCUT2D eigenvalue weighted by molar-refractivity contribution is -0.109. The van der Waals surface area contributed by atoms with E-state index in [9.17, 15) is 9.90 Å². The Hall–Kier alpha value is -1.51. The Kier molecular flexibility index (Phi) is 3.68. The molecule has 3 unspecified atom stereocenters. The molecule has 0 amide bonds. The number of hydrogen-bond acceptors (Lipinski definition) is 3. The molecule has 1 aromatic carbocycles. The van der Waals surface area contributed by atoms with Crippen LogP contribution in [0.5, 0.6) is 5.75 Å². The summed E-state index contributed by atoms with van der Waals surface area (Å²) in [5.41, 5.74) is 0.732. The topological polar surface area (TPSA) is 46.5 Å². The predicted octanol–water partition coefficient (Wildman–Crippen LogP) is 4.01. The largest absolute Gasteiger partial charge is 0.507 e. The van der Waals surface area contributed by atoms with Crippen LogP contribution in [0.2, 0.25) is 0 Å². The second-order valence-corrected chi connectivity index (χ2v) is 7.14. The highest BCUT2D eigenvalue weighted by Crippen LogP contribution is 2.61. The van der Waals surface area contributed by atoms with E-state index in [1.54, 1.807) is 18.2 Å². The number of phenolic OH excluding ortho intramolecular Hbond substituents is 1. The summed E-state index contributed by atoms with van der Waals surface area (Å²) in [5.74, 6) is 1.95. The maximum absolute atomic E-state index is 11.9. The van der Waals surface area contributed by atoms with E-state index in [1.807, 2.05) is 0 Å². The van der Waals surface area contributed by atoms with Gasteiger partial charge in [0.2, 0.25) is 0 Å². The van der Waals surface area contributed by atoms with Gasteiger partial charge in [-0.1, -0.05) is 26.0 Å². The Morgan fingerprint density at radius 1 is 1.33 bits per heavy atom. The van der Waals surface area contributed by atoms with Crippen LogP contribution >= 0.6 is 0 Å². The molecule has 3 aliphatic rings. The molecule has 3 saturated carbocycles. The molecular formula is C18H24O3. The van der Waals surface area contributed by atoms with Crippen molar-refractivity contribution in [3.8, 4) is 5.75 Å². The Bertz CT molecular complexity index is 533. The predicted molar refractivity (Wildman–Crippen MR) is 81.1 cm³/mol. The number of fused-ring (bicyclic) bond motifs is 2. The SMILES string of the molecule is CC1(C)C2CCC(CCOC(=O)c3ccccc3O)C1C2. The van der Waals surface area contributed by atoms with E-state index in [-0.39, 0.29) is 11.3 Å². The summed E-state index contributed by atoms with van der Waals surface area (Å²) >= 11 is 0. The molecule has 3 aliphatic carbocycles. The van der Waals surface area contributed by atoms with Crippen LogP contribution in [0, 0.1) is 23.2 Å². The molecule has 3 nitrogen and oxygen atoms in total. The molecular weight excluding hydrogens is 264 g/mol. The van der Waals surface area contributed by atoms with Gasteiger partial charge in [-0.25, -0.2) is 4.79 Å². The lowest BCUT2D eigenvalue weighted by Gasteiger charge is -2.60. The molecule has 0 radical (unpaired) electrons. The van der Waals surface area contributed by atoms with Gasteiger partial charge in [0.25, 0.3) is 0 Å². The Morgan fingerprint density at radius 2 is 2.10 bits per heavy atom. The maximum atomic E-state index is 11.9. The smallest absolute Gasteiger partial charge is 0.341 e. The third-order valence-electron chi connectivity index (χ3n) is 5.85. The zero-order chi connectivity index (χ0) is 15.0. The van der Waals surface area contributed by atoms with Gasteiger partial charge >= 0.3 is 5.97 Å².